The van der Waals surface area contributed by atoms with Crippen LogP contribution in [0.25, 0.3) is 0 Å². The molecule has 0 atom stereocenters. The Morgan fingerprint density at radius 1 is 1.12 bits per heavy atom. The lowest BCUT2D eigenvalue weighted by Crippen LogP contribution is -2.42. The molecule has 0 bridgehead atoms. The number of amides is 1. The molecule has 0 aliphatic carbocycles. The number of hydrogen-bond acceptors (Lipinski definition) is 7. The van der Waals surface area contributed by atoms with E-state index in [1.807, 2.05) is 59.2 Å². The number of anilines is 1. The summed E-state index contributed by atoms with van der Waals surface area (Å²) in [5.74, 6) is -0.675. The summed E-state index contributed by atoms with van der Waals surface area (Å²) in [4.78, 5) is 19.2. The van der Waals surface area contributed by atoms with Gasteiger partial charge in [-0.05, 0) is 64.5 Å². The van der Waals surface area contributed by atoms with Crippen molar-refractivity contribution < 1.29 is 27.6 Å². The van der Waals surface area contributed by atoms with Gasteiger partial charge < -0.3 is 25.0 Å². The number of hydrogen-bond donors (Lipinski definition) is 2. The fraction of sp³-hybridized carbons (Fsp3) is 0.368. The molecule has 50 heavy (non-hydrogen) atoms. The smallest absolute Gasteiger partial charge is 0.246 e. The van der Waals surface area contributed by atoms with Crippen LogP contribution in [0.5, 0.6) is 5.75 Å². The van der Waals surface area contributed by atoms with E-state index in [0.717, 1.165) is 29.8 Å². The number of carbonyl (C=O) groups is 1. The number of ether oxygens (including phenoxy) is 2. The third-order valence-electron chi connectivity index (χ3n) is 7.66. The number of amidine groups is 1. The largest absolute Gasteiger partial charge is 0.490 e. The molecule has 0 fully saturated rings. The van der Waals surface area contributed by atoms with Crippen LogP contribution < -0.4 is 15.4 Å². The van der Waals surface area contributed by atoms with Crippen molar-refractivity contribution in [2.75, 3.05) is 52.2 Å². The average molecular weight is 691 g/mol. The van der Waals surface area contributed by atoms with Crippen molar-refractivity contribution in [3.05, 3.63) is 107 Å². The van der Waals surface area contributed by atoms with Gasteiger partial charge in [-0.15, -0.1) is 0 Å². The van der Waals surface area contributed by atoms with E-state index >= 15 is 8.78 Å². The maximum Gasteiger partial charge on any atom is 0.246 e. The molecule has 268 valence electrons. The molecule has 12 heteroatoms. The molecule has 1 aromatic carbocycles. The number of likely N-dealkylation sites (N-methyl/N-ethyl adjacent to an activating group) is 1. The molecular formula is C38H50F2N7O3+. The van der Waals surface area contributed by atoms with Crippen LogP contribution in [-0.2, 0) is 9.53 Å². The number of hydrazone groups is 1. The fourth-order valence-electron chi connectivity index (χ4n) is 5.03. The Bertz CT molecular complexity index is 1670. The second-order valence-electron chi connectivity index (χ2n) is 11.2. The van der Waals surface area contributed by atoms with E-state index in [9.17, 15) is 4.79 Å². The molecule has 3 rings (SSSR count). The van der Waals surface area contributed by atoms with Crippen molar-refractivity contribution in [2.24, 2.45) is 10.1 Å². The molecule has 10 nitrogen and oxygen atoms in total. The monoisotopic (exact) mass is 690 g/mol. The first-order chi connectivity index (χ1) is 24.2. The molecule has 0 saturated heterocycles. The summed E-state index contributed by atoms with van der Waals surface area (Å²) in [6.07, 6.45) is 20.9. The normalized spacial score (nSPS) is 16.7. The minimum absolute atomic E-state index is 0.0580. The first-order valence-electron chi connectivity index (χ1n) is 16.8. The third-order valence-corrected chi connectivity index (χ3v) is 7.66. The highest BCUT2D eigenvalue weighted by Crippen LogP contribution is 2.30. The van der Waals surface area contributed by atoms with Gasteiger partial charge in [0, 0.05) is 43.4 Å². The van der Waals surface area contributed by atoms with Crippen LogP contribution in [0.15, 0.2) is 106 Å². The van der Waals surface area contributed by atoms with Crippen molar-refractivity contribution in [3.8, 4) is 5.75 Å². The van der Waals surface area contributed by atoms with E-state index in [2.05, 4.69) is 25.3 Å². The lowest BCUT2D eigenvalue weighted by atomic mass is 10.0. The van der Waals surface area contributed by atoms with E-state index in [0.29, 0.717) is 56.2 Å². The molecule has 2 heterocycles. The predicted molar refractivity (Wildman–Crippen MR) is 198 cm³/mol. The van der Waals surface area contributed by atoms with Crippen molar-refractivity contribution >= 4 is 29.9 Å². The Balaban J connectivity index is 2.04. The van der Waals surface area contributed by atoms with Crippen LogP contribution in [-0.4, -0.2) is 85.5 Å². The molecule has 0 saturated carbocycles. The van der Waals surface area contributed by atoms with Crippen LogP contribution >= 0.6 is 0 Å². The van der Waals surface area contributed by atoms with Crippen LogP contribution in [0.3, 0.4) is 0 Å². The number of allylic oxidation sites excluding steroid dienone is 4. The van der Waals surface area contributed by atoms with Crippen LogP contribution in [0.2, 0.25) is 0 Å². The highest BCUT2D eigenvalue weighted by Gasteiger charge is 2.30. The number of nitrogens with one attached hydrogen (secondary N) is 2. The Morgan fingerprint density at radius 3 is 2.52 bits per heavy atom. The second kappa shape index (κ2) is 20.4. The first-order valence-corrected chi connectivity index (χ1v) is 16.8. The van der Waals surface area contributed by atoms with Gasteiger partial charge in [0.1, 0.15) is 11.6 Å². The Hall–Kier alpha value is -5.10. The molecule has 2 N–H and O–H groups in total. The minimum Gasteiger partial charge on any atom is -0.490 e. The number of carbonyl (C=O) groups excluding carboxylic acids is 1. The summed E-state index contributed by atoms with van der Waals surface area (Å²) >= 11 is 0. The van der Waals surface area contributed by atoms with Gasteiger partial charge in [0.25, 0.3) is 0 Å². The maximum atomic E-state index is 15.7. The van der Waals surface area contributed by atoms with Crippen molar-refractivity contribution in [1.82, 2.24) is 15.2 Å². The molecule has 0 unspecified atom stereocenters. The SMILES string of the molecule is C/C=N\N1C=CC(Oc2cc(F)c(NC(=N\C=C\CC)/C(C(/C)=C\C)=C(OC)/C(=C/CC)[N+]3=CCN(C(=O)/C=C/CNC)CC3)cc2F)=CC1. The quantitative estimate of drug-likeness (QED) is 0.0535. The zero-order valence-corrected chi connectivity index (χ0v) is 30.2. The van der Waals surface area contributed by atoms with Crippen molar-refractivity contribution in [2.45, 2.75) is 47.5 Å². The van der Waals surface area contributed by atoms with Crippen LogP contribution in [0, 0.1) is 11.6 Å². The van der Waals surface area contributed by atoms with Gasteiger partial charge in [-0.3, -0.25) is 9.80 Å². The number of benzene rings is 1. The summed E-state index contributed by atoms with van der Waals surface area (Å²) in [5, 5.41) is 11.9. The molecule has 1 amide bonds. The standard InChI is InChI=1S/C38H50F2N7O3/c1-8-12-19-42-38(44-32-26-31(40)34(27-30(32)39)50-29-16-20-47(21-17-29)43-11-4)36(28(5)10-3)37(49-7)33(14-9-2)45-22-24-46(25-23-45)35(48)15-13-18-41-6/h10-17,19-20,22,26-27,41H,8-9,18,21,23-25H2,1-7H3,(H,42,44)/q+1/b15-13+,19-12+,28-10-,33-14-,37-36-,43-11-. The predicted octanol–water partition coefficient (Wildman–Crippen LogP) is 6.66. The van der Waals surface area contributed by atoms with E-state index in [4.69, 9.17) is 9.47 Å². The van der Waals surface area contributed by atoms with Gasteiger partial charge in [0.15, 0.2) is 30.1 Å². The lowest BCUT2D eigenvalue weighted by molar-refractivity contribution is -0.477. The summed E-state index contributed by atoms with van der Waals surface area (Å²) in [6.45, 7) is 12.1. The lowest BCUT2D eigenvalue weighted by Gasteiger charge is -2.24. The summed E-state index contributed by atoms with van der Waals surface area (Å²) in [5.41, 5.74) is 2.00. The fourth-order valence-corrected chi connectivity index (χ4v) is 5.03. The van der Waals surface area contributed by atoms with Gasteiger partial charge in [0.05, 0.1) is 38.0 Å². The minimum atomic E-state index is -0.754. The van der Waals surface area contributed by atoms with E-state index in [-0.39, 0.29) is 23.2 Å². The highest BCUT2D eigenvalue weighted by atomic mass is 19.1. The highest BCUT2D eigenvalue weighted by molar-refractivity contribution is 6.11. The number of nitrogens with zero attached hydrogens (tertiary/aromatic N) is 5. The molecule has 2 aliphatic rings. The topological polar surface area (TPSA) is 93.8 Å². The number of rotatable bonds is 15. The molecule has 0 radical (unpaired) electrons. The summed E-state index contributed by atoms with van der Waals surface area (Å²) in [7, 11) is 3.40. The van der Waals surface area contributed by atoms with Gasteiger partial charge in [-0.1, -0.05) is 32.1 Å². The van der Waals surface area contributed by atoms with Crippen LogP contribution in [0.4, 0.5) is 14.5 Å². The Kier molecular flexibility index (Phi) is 16.1. The summed E-state index contributed by atoms with van der Waals surface area (Å²) in [6, 6.07) is 2.06. The van der Waals surface area contributed by atoms with Gasteiger partial charge in [-0.2, -0.15) is 9.68 Å². The molecule has 2 aliphatic heterocycles. The number of halogens is 2. The van der Waals surface area contributed by atoms with Gasteiger partial charge >= 0.3 is 0 Å². The maximum absolute atomic E-state index is 15.7. The zero-order chi connectivity index (χ0) is 36.5. The van der Waals surface area contributed by atoms with E-state index < -0.39 is 11.6 Å². The van der Waals surface area contributed by atoms with Gasteiger partial charge in [-0.25, -0.2) is 13.8 Å². The number of aliphatic imine (C=N–C) groups is 1. The molecule has 0 spiro atoms. The third kappa shape index (κ3) is 11.0. The van der Waals surface area contributed by atoms with E-state index in [1.54, 1.807) is 66.9 Å². The molecule has 0 aromatic heterocycles. The van der Waals surface area contributed by atoms with Crippen molar-refractivity contribution in [3.63, 3.8) is 0 Å². The second-order valence-corrected chi connectivity index (χ2v) is 11.2. The van der Waals surface area contributed by atoms with Crippen LogP contribution in [0.1, 0.15) is 47.5 Å². The number of methoxy groups -OCH3 is 1. The van der Waals surface area contributed by atoms with E-state index in [1.165, 1.54) is 0 Å². The molecular weight excluding hydrogens is 640 g/mol. The van der Waals surface area contributed by atoms with Crippen molar-refractivity contribution in [1.29, 1.82) is 0 Å². The Morgan fingerprint density at radius 2 is 1.92 bits per heavy atom. The first kappa shape index (κ1) is 39.3. The zero-order valence-electron chi connectivity index (χ0n) is 30.2. The summed E-state index contributed by atoms with van der Waals surface area (Å²) < 4.78 is 45.0. The molecule has 1 aromatic rings. The average Bonchev–Trinajstić information content (AvgIpc) is 3.12. The van der Waals surface area contributed by atoms with Gasteiger partial charge in [0.2, 0.25) is 17.4 Å². The Labute approximate surface area is 294 Å².